The SMILES string of the molecule is CC(OC1=CCC(N)C=C1)C(=O)OCCOC(=O)C(C)Oc1ccc(N)cc1. The Bertz CT molecular complexity index is 729. The second-order valence-electron chi connectivity index (χ2n) is 6.29. The largest absolute Gasteiger partial charge is 0.479 e. The highest BCUT2D eigenvalue weighted by atomic mass is 16.6. The Kier molecular flexibility index (Phi) is 7.88. The van der Waals surface area contributed by atoms with Crippen molar-refractivity contribution in [3.63, 3.8) is 0 Å². The molecule has 0 radical (unpaired) electrons. The standard InChI is InChI=1S/C20H26N2O6/c1-13(27-17-7-3-15(21)4-8-17)19(23)25-11-12-26-20(24)14(2)28-18-9-5-16(22)6-10-18/h3-5,7-10,13-14,16H,6,11-12,21-22H2,1-2H3. The number of ether oxygens (including phenoxy) is 4. The molecular formula is C20H26N2O6. The van der Waals surface area contributed by atoms with E-state index in [4.69, 9.17) is 30.4 Å². The Morgan fingerprint density at radius 2 is 1.61 bits per heavy atom. The molecule has 8 nitrogen and oxygen atoms in total. The number of anilines is 1. The number of rotatable bonds is 9. The summed E-state index contributed by atoms with van der Waals surface area (Å²) < 4.78 is 21.1. The minimum absolute atomic E-state index is 0.0318. The van der Waals surface area contributed by atoms with E-state index < -0.39 is 24.1 Å². The smallest absolute Gasteiger partial charge is 0.347 e. The fourth-order valence-corrected chi connectivity index (χ4v) is 2.27. The van der Waals surface area contributed by atoms with Crippen molar-refractivity contribution in [3.05, 3.63) is 48.3 Å². The molecule has 28 heavy (non-hydrogen) atoms. The van der Waals surface area contributed by atoms with Crippen LogP contribution in [-0.4, -0.2) is 43.4 Å². The van der Waals surface area contributed by atoms with Gasteiger partial charge in [0.2, 0.25) is 0 Å². The van der Waals surface area contributed by atoms with Crippen LogP contribution in [0.2, 0.25) is 0 Å². The molecule has 0 fully saturated rings. The lowest BCUT2D eigenvalue weighted by molar-refractivity contribution is -0.161. The molecule has 1 aliphatic carbocycles. The quantitative estimate of drug-likeness (QED) is 0.371. The molecule has 0 saturated carbocycles. The lowest BCUT2D eigenvalue weighted by Gasteiger charge is -2.18. The van der Waals surface area contributed by atoms with Crippen molar-refractivity contribution in [2.75, 3.05) is 18.9 Å². The lowest BCUT2D eigenvalue weighted by Crippen LogP contribution is -2.29. The molecule has 0 aliphatic heterocycles. The highest BCUT2D eigenvalue weighted by molar-refractivity contribution is 5.75. The van der Waals surface area contributed by atoms with Gasteiger partial charge in [0.25, 0.3) is 0 Å². The molecule has 0 heterocycles. The summed E-state index contributed by atoms with van der Waals surface area (Å²) in [5, 5.41) is 0. The molecule has 3 unspecified atom stereocenters. The molecule has 4 N–H and O–H groups in total. The van der Waals surface area contributed by atoms with E-state index >= 15 is 0 Å². The topological polar surface area (TPSA) is 123 Å². The van der Waals surface area contributed by atoms with E-state index in [9.17, 15) is 9.59 Å². The van der Waals surface area contributed by atoms with E-state index in [1.807, 2.05) is 6.08 Å². The molecular weight excluding hydrogens is 364 g/mol. The minimum Gasteiger partial charge on any atom is -0.479 e. The van der Waals surface area contributed by atoms with Crippen LogP contribution < -0.4 is 16.2 Å². The van der Waals surface area contributed by atoms with E-state index in [1.165, 1.54) is 0 Å². The zero-order chi connectivity index (χ0) is 20.5. The summed E-state index contributed by atoms with van der Waals surface area (Å²) in [5.74, 6) is -0.0355. The monoisotopic (exact) mass is 390 g/mol. The molecule has 0 saturated heterocycles. The summed E-state index contributed by atoms with van der Waals surface area (Å²) >= 11 is 0. The second-order valence-corrected chi connectivity index (χ2v) is 6.29. The van der Waals surface area contributed by atoms with Gasteiger partial charge in [0.05, 0.1) is 0 Å². The molecule has 152 valence electrons. The van der Waals surface area contributed by atoms with E-state index in [0.717, 1.165) is 0 Å². The minimum atomic E-state index is -0.807. The van der Waals surface area contributed by atoms with Gasteiger partial charge in [-0.3, -0.25) is 0 Å². The van der Waals surface area contributed by atoms with E-state index in [0.29, 0.717) is 23.6 Å². The third-order valence-corrected chi connectivity index (χ3v) is 3.84. The first-order chi connectivity index (χ1) is 13.3. The number of nitrogens with two attached hydrogens (primary N) is 2. The average Bonchev–Trinajstić information content (AvgIpc) is 2.68. The normalized spacial score (nSPS) is 17.8. The predicted molar refractivity (Wildman–Crippen MR) is 103 cm³/mol. The van der Waals surface area contributed by atoms with Gasteiger partial charge in [-0.25, -0.2) is 9.59 Å². The van der Waals surface area contributed by atoms with Gasteiger partial charge in [0.1, 0.15) is 24.7 Å². The van der Waals surface area contributed by atoms with Gasteiger partial charge < -0.3 is 30.4 Å². The number of carbonyl (C=O) groups is 2. The molecule has 3 atom stereocenters. The van der Waals surface area contributed by atoms with Crippen LogP contribution in [0.15, 0.2) is 48.3 Å². The Labute approximate surface area is 164 Å². The molecule has 0 bridgehead atoms. The van der Waals surface area contributed by atoms with Crippen molar-refractivity contribution in [1.82, 2.24) is 0 Å². The molecule has 1 aromatic carbocycles. The maximum Gasteiger partial charge on any atom is 0.347 e. The van der Waals surface area contributed by atoms with Crippen molar-refractivity contribution in [2.24, 2.45) is 5.73 Å². The fourth-order valence-electron chi connectivity index (χ4n) is 2.27. The molecule has 0 amide bonds. The molecule has 0 aromatic heterocycles. The van der Waals surface area contributed by atoms with Gasteiger partial charge in [0.15, 0.2) is 12.2 Å². The van der Waals surface area contributed by atoms with Crippen molar-refractivity contribution in [1.29, 1.82) is 0 Å². The fraction of sp³-hybridized carbons (Fsp3) is 0.400. The van der Waals surface area contributed by atoms with Gasteiger partial charge in [-0.1, -0.05) is 6.08 Å². The van der Waals surface area contributed by atoms with Crippen LogP contribution in [0.25, 0.3) is 0 Å². The molecule has 8 heteroatoms. The Balaban J connectivity index is 1.64. The van der Waals surface area contributed by atoms with Crippen molar-refractivity contribution >= 4 is 17.6 Å². The van der Waals surface area contributed by atoms with Gasteiger partial charge in [-0.05, 0) is 56.7 Å². The third-order valence-electron chi connectivity index (χ3n) is 3.84. The van der Waals surface area contributed by atoms with Crippen molar-refractivity contribution < 1.29 is 28.5 Å². The van der Waals surface area contributed by atoms with Gasteiger partial charge >= 0.3 is 11.9 Å². The van der Waals surface area contributed by atoms with E-state index in [2.05, 4.69) is 0 Å². The number of esters is 2. The zero-order valence-electron chi connectivity index (χ0n) is 16.0. The first kappa shape index (κ1) is 21.3. The van der Waals surface area contributed by atoms with Crippen LogP contribution >= 0.6 is 0 Å². The molecule has 0 spiro atoms. The van der Waals surface area contributed by atoms with Gasteiger partial charge in [-0.2, -0.15) is 0 Å². The Morgan fingerprint density at radius 1 is 1.04 bits per heavy atom. The molecule has 2 rings (SSSR count). The number of benzene rings is 1. The second kappa shape index (κ2) is 10.4. The van der Waals surface area contributed by atoms with Gasteiger partial charge in [0, 0.05) is 11.7 Å². The number of allylic oxidation sites excluding steroid dienone is 1. The van der Waals surface area contributed by atoms with Crippen LogP contribution in [0.4, 0.5) is 5.69 Å². The Morgan fingerprint density at radius 3 is 2.14 bits per heavy atom. The van der Waals surface area contributed by atoms with Gasteiger partial charge in [-0.15, -0.1) is 0 Å². The van der Waals surface area contributed by atoms with Crippen molar-refractivity contribution in [2.45, 2.75) is 38.5 Å². The maximum atomic E-state index is 11.9. The molecule has 1 aromatic rings. The van der Waals surface area contributed by atoms with E-state index in [1.54, 1.807) is 50.3 Å². The highest BCUT2D eigenvalue weighted by Crippen LogP contribution is 2.15. The first-order valence-electron chi connectivity index (χ1n) is 9.01. The number of carbonyl (C=O) groups excluding carboxylic acids is 2. The Hall–Kier alpha value is -3.00. The third kappa shape index (κ3) is 6.96. The average molecular weight is 390 g/mol. The summed E-state index contributed by atoms with van der Waals surface area (Å²) in [5.41, 5.74) is 11.9. The van der Waals surface area contributed by atoms with E-state index in [-0.39, 0.29) is 19.3 Å². The summed E-state index contributed by atoms with van der Waals surface area (Å²) in [4.78, 5) is 23.8. The zero-order valence-corrected chi connectivity index (χ0v) is 16.0. The molecule has 1 aliphatic rings. The number of hydrogen-bond acceptors (Lipinski definition) is 8. The van der Waals surface area contributed by atoms with Crippen LogP contribution in [-0.2, 0) is 23.8 Å². The van der Waals surface area contributed by atoms with Crippen LogP contribution in [0, 0.1) is 0 Å². The lowest BCUT2D eigenvalue weighted by atomic mass is 10.1. The maximum absolute atomic E-state index is 11.9. The van der Waals surface area contributed by atoms with Crippen LogP contribution in [0.1, 0.15) is 20.3 Å². The highest BCUT2D eigenvalue weighted by Gasteiger charge is 2.19. The summed E-state index contributed by atoms with van der Waals surface area (Å²) in [7, 11) is 0. The summed E-state index contributed by atoms with van der Waals surface area (Å²) in [6.07, 6.45) is 4.41. The first-order valence-corrected chi connectivity index (χ1v) is 9.01. The predicted octanol–water partition coefficient (Wildman–Crippen LogP) is 1.70. The number of hydrogen-bond donors (Lipinski definition) is 2. The number of nitrogen functional groups attached to an aromatic ring is 1. The van der Waals surface area contributed by atoms with Crippen LogP contribution in [0.5, 0.6) is 5.75 Å². The summed E-state index contributed by atoms with van der Waals surface area (Å²) in [6.45, 7) is 2.99. The van der Waals surface area contributed by atoms with Crippen LogP contribution in [0.3, 0.4) is 0 Å². The van der Waals surface area contributed by atoms with Crippen molar-refractivity contribution in [3.8, 4) is 5.75 Å². The summed E-state index contributed by atoms with van der Waals surface area (Å²) in [6, 6.07) is 6.63.